The molecule has 0 bridgehead atoms. The molecular formula is C21H28N4OS2. The molecule has 2 aromatic rings. The number of carbonyl (C=O) groups excluding carboxylic acids is 1. The van der Waals surface area contributed by atoms with Crippen molar-refractivity contribution in [2.75, 3.05) is 17.6 Å². The van der Waals surface area contributed by atoms with Crippen molar-refractivity contribution in [2.24, 2.45) is 0 Å². The van der Waals surface area contributed by atoms with Crippen molar-refractivity contribution in [3.63, 3.8) is 0 Å². The van der Waals surface area contributed by atoms with Crippen LogP contribution in [0.15, 0.2) is 58.0 Å². The molecule has 2 N–H and O–H groups in total. The van der Waals surface area contributed by atoms with Gasteiger partial charge in [0.25, 0.3) is 0 Å². The van der Waals surface area contributed by atoms with Gasteiger partial charge in [0.15, 0.2) is 4.34 Å². The minimum absolute atomic E-state index is 0.251. The number of rotatable bonds is 10. The first-order valence-corrected chi connectivity index (χ1v) is 11.2. The maximum Gasteiger partial charge on any atom is 0.321 e. The summed E-state index contributed by atoms with van der Waals surface area (Å²) >= 11 is 3.03. The number of amides is 2. The number of nitrogens with zero attached hydrogens (tertiary/aromatic N) is 2. The first kappa shape index (κ1) is 22.2. The maximum absolute atomic E-state index is 12.0. The van der Waals surface area contributed by atoms with Crippen LogP contribution in [0.4, 0.5) is 9.93 Å². The standard InChI is InChI=1S/C21H28N4OS2/c1-16(2)8-7-9-17(3)13-15-27-21-25-24-20(28-21)23-19(26)22-14-12-18-10-5-4-6-11-18/h4-6,8,10-11,13H,7,9,12,14-15H2,1-3H3,(H2,22,23,24,26). The van der Waals surface area contributed by atoms with Crippen LogP contribution in [0.25, 0.3) is 0 Å². The van der Waals surface area contributed by atoms with Crippen molar-refractivity contribution in [1.82, 2.24) is 15.5 Å². The predicted octanol–water partition coefficient (Wildman–Crippen LogP) is 5.69. The third kappa shape index (κ3) is 9.19. The molecule has 0 unspecified atom stereocenters. The lowest BCUT2D eigenvalue weighted by Crippen LogP contribution is -2.30. The van der Waals surface area contributed by atoms with Crippen LogP contribution < -0.4 is 10.6 Å². The van der Waals surface area contributed by atoms with Crippen molar-refractivity contribution >= 4 is 34.3 Å². The second-order valence-corrected chi connectivity index (χ2v) is 8.92. The van der Waals surface area contributed by atoms with E-state index in [-0.39, 0.29) is 6.03 Å². The van der Waals surface area contributed by atoms with Crippen LogP contribution in [-0.2, 0) is 6.42 Å². The summed E-state index contributed by atoms with van der Waals surface area (Å²) in [5.74, 6) is 0.860. The fourth-order valence-corrected chi connectivity index (χ4v) is 4.13. The van der Waals surface area contributed by atoms with Gasteiger partial charge in [0.2, 0.25) is 5.13 Å². The Hall–Kier alpha value is -2.12. The number of carbonyl (C=O) groups is 1. The molecule has 0 saturated heterocycles. The van der Waals surface area contributed by atoms with Gasteiger partial charge in [-0.25, -0.2) is 4.79 Å². The van der Waals surface area contributed by atoms with Gasteiger partial charge in [-0.05, 0) is 45.6 Å². The summed E-state index contributed by atoms with van der Waals surface area (Å²) < 4.78 is 0.855. The van der Waals surface area contributed by atoms with E-state index in [2.05, 4.69) is 53.8 Å². The summed E-state index contributed by atoms with van der Waals surface area (Å²) in [4.78, 5) is 12.0. The molecule has 1 aromatic heterocycles. The molecule has 5 nitrogen and oxygen atoms in total. The van der Waals surface area contributed by atoms with Crippen molar-refractivity contribution in [3.05, 3.63) is 59.2 Å². The van der Waals surface area contributed by atoms with E-state index in [0.717, 1.165) is 29.4 Å². The van der Waals surface area contributed by atoms with Gasteiger partial charge < -0.3 is 5.32 Å². The molecule has 0 spiro atoms. The van der Waals surface area contributed by atoms with Crippen LogP contribution in [0.5, 0.6) is 0 Å². The van der Waals surface area contributed by atoms with Gasteiger partial charge in [-0.15, -0.1) is 10.2 Å². The fourth-order valence-electron chi connectivity index (χ4n) is 2.37. The van der Waals surface area contributed by atoms with Gasteiger partial charge in [-0.3, -0.25) is 5.32 Å². The highest BCUT2D eigenvalue weighted by Crippen LogP contribution is 2.25. The Morgan fingerprint density at radius 2 is 1.93 bits per heavy atom. The molecule has 0 atom stereocenters. The summed E-state index contributed by atoms with van der Waals surface area (Å²) in [6.45, 7) is 6.98. The Balaban J connectivity index is 1.67. The van der Waals surface area contributed by atoms with Crippen molar-refractivity contribution in [1.29, 1.82) is 0 Å². The fraction of sp³-hybridized carbons (Fsp3) is 0.381. The molecule has 0 saturated carbocycles. The molecule has 150 valence electrons. The highest BCUT2D eigenvalue weighted by atomic mass is 32.2. The summed E-state index contributed by atoms with van der Waals surface area (Å²) in [7, 11) is 0. The maximum atomic E-state index is 12.0. The zero-order valence-electron chi connectivity index (χ0n) is 16.7. The number of thioether (sulfide) groups is 1. The Morgan fingerprint density at radius 3 is 2.68 bits per heavy atom. The SMILES string of the molecule is CC(C)=CCCC(C)=CCSc1nnc(NC(=O)NCCc2ccccc2)s1. The molecule has 2 amide bonds. The topological polar surface area (TPSA) is 66.9 Å². The highest BCUT2D eigenvalue weighted by Gasteiger charge is 2.08. The molecular weight excluding hydrogens is 388 g/mol. The van der Waals surface area contributed by atoms with E-state index in [4.69, 9.17) is 0 Å². The largest absolute Gasteiger partial charge is 0.337 e. The second-order valence-electron chi connectivity index (χ2n) is 6.67. The summed E-state index contributed by atoms with van der Waals surface area (Å²) in [5.41, 5.74) is 3.94. The number of hydrogen-bond donors (Lipinski definition) is 2. The lowest BCUT2D eigenvalue weighted by atomic mass is 10.1. The molecule has 1 aromatic carbocycles. The molecule has 0 aliphatic rings. The minimum Gasteiger partial charge on any atom is -0.337 e. The average molecular weight is 417 g/mol. The molecule has 28 heavy (non-hydrogen) atoms. The quantitative estimate of drug-likeness (QED) is 0.297. The van der Waals surface area contributed by atoms with Gasteiger partial charge in [0.1, 0.15) is 0 Å². The molecule has 0 aliphatic heterocycles. The molecule has 1 heterocycles. The zero-order valence-corrected chi connectivity index (χ0v) is 18.3. The molecule has 7 heteroatoms. The van der Waals surface area contributed by atoms with Crippen LogP contribution in [0, 0.1) is 0 Å². The smallest absolute Gasteiger partial charge is 0.321 e. The monoisotopic (exact) mass is 416 g/mol. The molecule has 0 fully saturated rings. The Kier molecular flexibility index (Phi) is 9.79. The number of anilines is 1. The Labute approximate surface area is 175 Å². The minimum atomic E-state index is -0.251. The lowest BCUT2D eigenvalue weighted by molar-refractivity contribution is 0.252. The average Bonchev–Trinajstić information content (AvgIpc) is 3.09. The first-order valence-electron chi connectivity index (χ1n) is 9.37. The van der Waals surface area contributed by atoms with E-state index in [1.165, 1.54) is 28.0 Å². The summed E-state index contributed by atoms with van der Waals surface area (Å²) in [6.07, 6.45) is 7.45. The summed E-state index contributed by atoms with van der Waals surface area (Å²) in [6, 6.07) is 9.82. The van der Waals surface area contributed by atoms with E-state index >= 15 is 0 Å². The normalized spacial score (nSPS) is 11.2. The molecule has 0 radical (unpaired) electrons. The zero-order chi connectivity index (χ0) is 20.2. The lowest BCUT2D eigenvalue weighted by Gasteiger charge is -2.04. The van der Waals surface area contributed by atoms with Crippen LogP contribution in [0.3, 0.4) is 0 Å². The predicted molar refractivity (Wildman–Crippen MR) is 120 cm³/mol. The van der Waals surface area contributed by atoms with E-state index in [1.807, 2.05) is 30.3 Å². The van der Waals surface area contributed by atoms with Gasteiger partial charge in [-0.1, -0.05) is 76.7 Å². The van der Waals surface area contributed by atoms with E-state index in [9.17, 15) is 4.79 Å². The first-order chi connectivity index (χ1) is 13.5. The number of aromatic nitrogens is 2. The van der Waals surface area contributed by atoms with Crippen LogP contribution in [-0.4, -0.2) is 28.5 Å². The molecule has 2 rings (SSSR count). The van der Waals surface area contributed by atoms with Crippen molar-refractivity contribution < 1.29 is 4.79 Å². The third-order valence-electron chi connectivity index (χ3n) is 3.90. The van der Waals surface area contributed by atoms with Gasteiger partial charge in [0.05, 0.1) is 0 Å². The van der Waals surface area contributed by atoms with Crippen molar-refractivity contribution in [2.45, 2.75) is 44.4 Å². The highest BCUT2D eigenvalue weighted by molar-refractivity contribution is 8.01. The number of benzene rings is 1. The Morgan fingerprint density at radius 1 is 1.14 bits per heavy atom. The van der Waals surface area contributed by atoms with Crippen LogP contribution >= 0.6 is 23.1 Å². The van der Waals surface area contributed by atoms with E-state index < -0.39 is 0 Å². The van der Waals surface area contributed by atoms with Gasteiger partial charge >= 0.3 is 6.03 Å². The second kappa shape index (κ2) is 12.4. The number of urea groups is 1. The number of allylic oxidation sites excluding steroid dienone is 3. The van der Waals surface area contributed by atoms with Crippen molar-refractivity contribution in [3.8, 4) is 0 Å². The third-order valence-corrected chi connectivity index (χ3v) is 5.80. The number of nitrogens with one attached hydrogen (secondary N) is 2. The molecule has 0 aliphatic carbocycles. The number of hydrogen-bond acceptors (Lipinski definition) is 5. The van der Waals surface area contributed by atoms with Gasteiger partial charge in [0, 0.05) is 12.3 Å². The van der Waals surface area contributed by atoms with Gasteiger partial charge in [-0.2, -0.15) is 0 Å². The van der Waals surface area contributed by atoms with Crippen LogP contribution in [0.1, 0.15) is 39.2 Å². The van der Waals surface area contributed by atoms with E-state index in [1.54, 1.807) is 11.8 Å². The van der Waals surface area contributed by atoms with E-state index in [0.29, 0.717) is 11.7 Å². The Bertz CT molecular complexity index is 796. The van der Waals surface area contributed by atoms with Crippen LogP contribution in [0.2, 0.25) is 0 Å². The summed E-state index contributed by atoms with van der Waals surface area (Å²) in [5, 5.41) is 14.3.